The molecule has 0 spiro atoms. The normalized spacial score (nSPS) is 32.1. The van der Waals surface area contributed by atoms with Crippen molar-refractivity contribution in [1.29, 1.82) is 0 Å². The van der Waals surface area contributed by atoms with E-state index in [4.69, 9.17) is 9.26 Å². The second kappa shape index (κ2) is 6.92. The first kappa shape index (κ1) is 16.9. The zero-order chi connectivity index (χ0) is 15.1. The molecule has 0 radical (unpaired) electrons. The second-order valence-electron chi connectivity index (χ2n) is 6.43. The fourth-order valence-electron chi connectivity index (χ4n) is 4.11. The molecule has 4 atom stereocenters. The van der Waals surface area contributed by atoms with Gasteiger partial charge in [-0.1, -0.05) is 5.16 Å². The molecule has 3 aliphatic heterocycles. The van der Waals surface area contributed by atoms with Crippen LogP contribution in [0.25, 0.3) is 0 Å². The largest absolute Gasteiger partial charge is 0.374 e. The fraction of sp³-hybridized carbons (Fsp3) is 0.800. The number of aromatic nitrogens is 2. The third-order valence-corrected chi connectivity index (χ3v) is 5.02. The molecule has 2 bridgehead atoms. The molecular weight excluding hydrogens is 409 g/mol. The number of fused-ring (bicyclic) bond motifs is 5. The summed E-state index contributed by atoms with van der Waals surface area (Å²) in [5.74, 6) is 3.52. The van der Waals surface area contributed by atoms with Gasteiger partial charge in [0.25, 0.3) is 0 Å². The highest BCUT2D eigenvalue weighted by Gasteiger charge is 2.53. The van der Waals surface area contributed by atoms with Gasteiger partial charge in [0.2, 0.25) is 5.89 Å². The van der Waals surface area contributed by atoms with Gasteiger partial charge >= 0.3 is 0 Å². The Labute approximate surface area is 153 Å². The van der Waals surface area contributed by atoms with Crippen LogP contribution in [-0.2, 0) is 11.3 Å². The first-order chi connectivity index (χ1) is 10.7. The topological polar surface area (TPSA) is 75.8 Å². The number of hydrogen-bond donors (Lipinski definition) is 1. The van der Waals surface area contributed by atoms with Crippen LogP contribution >= 0.6 is 24.0 Å². The van der Waals surface area contributed by atoms with Crippen LogP contribution in [0.3, 0.4) is 0 Å². The number of halogens is 1. The first-order valence-electron chi connectivity index (χ1n) is 8.22. The summed E-state index contributed by atoms with van der Waals surface area (Å²) >= 11 is 0. The molecule has 3 aliphatic rings. The lowest BCUT2D eigenvalue weighted by Crippen LogP contribution is -2.41. The summed E-state index contributed by atoms with van der Waals surface area (Å²) < 4.78 is 11.2. The number of aliphatic imine (C=N–C) groups is 1. The van der Waals surface area contributed by atoms with Crippen molar-refractivity contribution in [2.45, 2.75) is 45.4 Å². The van der Waals surface area contributed by atoms with Gasteiger partial charge in [-0.15, -0.1) is 24.0 Å². The minimum atomic E-state index is 0. The van der Waals surface area contributed by atoms with Crippen molar-refractivity contribution in [2.24, 2.45) is 16.8 Å². The number of rotatable bonds is 3. The molecule has 1 aromatic rings. The molecule has 4 unspecified atom stereocenters. The Morgan fingerprint density at radius 1 is 1.30 bits per heavy atom. The molecule has 0 aliphatic carbocycles. The summed E-state index contributed by atoms with van der Waals surface area (Å²) in [7, 11) is 0. The van der Waals surface area contributed by atoms with E-state index < -0.39 is 0 Å². The Bertz CT molecular complexity index is 560. The number of hydrogen-bond acceptors (Lipinski definition) is 5. The maximum atomic E-state index is 6.04. The van der Waals surface area contributed by atoms with E-state index in [2.05, 4.69) is 32.3 Å². The van der Waals surface area contributed by atoms with Gasteiger partial charge in [-0.25, -0.2) is 4.99 Å². The van der Waals surface area contributed by atoms with E-state index in [1.807, 2.05) is 6.92 Å². The molecule has 8 heteroatoms. The van der Waals surface area contributed by atoms with Gasteiger partial charge in [-0.2, -0.15) is 4.98 Å². The van der Waals surface area contributed by atoms with E-state index in [0.717, 1.165) is 25.6 Å². The molecule has 0 amide bonds. The Hall–Kier alpha value is -0.900. The Kier molecular flexibility index (Phi) is 5.10. The first-order valence-corrected chi connectivity index (χ1v) is 8.22. The van der Waals surface area contributed by atoms with Crippen molar-refractivity contribution < 1.29 is 9.26 Å². The maximum Gasteiger partial charge on any atom is 0.248 e. The molecule has 23 heavy (non-hydrogen) atoms. The predicted molar refractivity (Wildman–Crippen MR) is 95.7 cm³/mol. The van der Waals surface area contributed by atoms with Crippen LogP contribution < -0.4 is 5.32 Å². The lowest BCUT2D eigenvalue weighted by atomic mass is 9.82. The van der Waals surface area contributed by atoms with Crippen molar-refractivity contribution in [1.82, 2.24) is 20.4 Å². The number of ether oxygens (including phenoxy) is 1. The Morgan fingerprint density at radius 3 is 2.57 bits per heavy atom. The summed E-state index contributed by atoms with van der Waals surface area (Å²) in [6.07, 6.45) is 3.41. The van der Waals surface area contributed by atoms with Gasteiger partial charge in [0.1, 0.15) is 6.54 Å². The molecule has 4 heterocycles. The summed E-state index contributed by atoms with van der Waals surface area (Å²) in [5.41, 5.74) is 0. The van der Waals surface area contributed by atoms with Gasteiger partial charge < -0.3 is 19.5 Å². The van der Waals surface area contributed by atoms with E-state index in [-0.39, 0.29) is 24.0 Å². The van der Waals surface area contributed by atoms with Gasteiger partial charge in [0, 0.05) is 31.5 Å². The highest BCUT2D eigenvalue weighted by Crippen LogP contribution is 2.47. The third-order valence-electron chi connectivity index (χ3n) is 5.02. The molecule has 3 saturated heterocycles. The number of nitrogens with one attached hydrogen (secondary N) is 1. The molecular formula is C15H24IN5O2. The molecule has 128 valence electrons. The molecule has 1 N–H and O–H groups in total. The molecule has 0 aromatic carbocycles. The highest BCUT2D eigenvalue weighted by atomic mass is 127. The Morgan fingerprint density at radius 2 is 2.00 bits per heavy atom. The third kappa shape index (κ3) is 3.19. The quantitative estimate of drug-likeness (QED) is 0.443. The summed E-state index contributed by atoms with van der Waals surface area (Å²) in [5, 5.41) is 7.19. The minimum Gasteiger partial charge on any atom is -0.374 e. The van der Waals surface area contributed by atoms with Crippen molar-refractivity contribution >= 4 is 29.9 Å². The second-order valence-corrected chi connectivity index (χ2v) is 6.43. The highest BCUT2D eigenvalue weighted by molar-refractivity contribution is 14.0. The van der Waals surface area contributed by atoms with Crippen molar-refractivity contribution in [3.63, 3.8) is 0 Å². The lowest BCUT2D eigenvalue weighted by Gasteiger charge is -2.23. The van der Waals surface area contributed by atoms with Crippen LogP contribution in [0.15, 0.2) is 9.52 Å². The van der Waals surface area contributed by atoms with E-state index >= 15 is 0 Å². The van der Waals surface area contributed by atoms with Gasteiger partial charge in [-0.05, 0) is 26.7 Å². The smallest absolute Gasteiger partial charge is 0.248 e. The average Bonchev–Trinajstić information content (AvgIpc) is 3.24. The molecule has 3 fully saturated rings. The van der Waals surface area contributed by atoms with Crippen LogP contribution in [0.5, 0.6) is 0 Å². The molecule has 0 saturated carbocycles. The van der Waals surface area contributed by atoms with Gasteiger partial charge in [0.05, 0.1) is 12.2 Å². The number of guanidine groups is 1. The van der Waals surface area contributed by atoms with E-state index in [1.54, 1.807) is 0 Å². The SMILES string of the molecule is CCNC(=NCc1nc(C)no1)N1CC2C3CCC(O3)C2C1.I. The monoisotopic (exact) mass is 433 g/mol. The van der Waals surface area contributed by atoms with Crippen LogP contribution in [-0.4, -0.2) is 52.8 Å². The zero-order valence-electron chi connectivity index (χ0n) is 13.6. The van der Waals surface area contributed by atoms with Crippen LogP contribution in [0.4, 0.5) is 0 Å². The number of aryl methyl sites for hydroxylation is 1. The van der Waals surface area contributed by atoms with E-state index in [0.29, 0.717) is 42.3 Å². The van der Waals surface area contributed by atoms with Crippen LogP contribution in [0.1, 0.15) is 31.5 Å². The van der Waals surface area contributed by atoms with Crippen LogP contribution in [0, 0.1) is 18.8 Å². The predicted octanol–water partition coefficient (Wildman–Crippen LogP) is 1.57. The summed E-state index contributed by atoms with van der Waals surface area (Å²) in [6, 6.07) is 0. The summed E-state index contributed by atoms with van der Waals surface area (Å²) in [4.78, 5) is 11.3. The van der Waals surface area contributed by atoms with Crippen molar-refractivity contribution in [2.75, 3.05) is 19.6 Å². The maximum absolute atomic E-state index is 6.04. The van der Waals surface area contributed by atoms with Gasteiger partial charge in [0.15, 0.2) is 11.8 Å². The fourth-order valence-corrected chi connectivity index (χ4v) is 4.11. The van der Waals surface area contributed by atoms with Crippen LogP contribution in [0.2, 0.25) is 0 Å². The lowest BCUT2D eigenvalue weighted by molar-refractivity contribution is 0.0767. The van der Waals surface area contributed by atoms with E-state index in [9.17, 15) is 0 Å². The van der Waals surface area contributed by atoms with Gasteiger partial charge in [-0.3, -0.25) is 0 Å². The standard InChI is InChI=1S/C15H23N5O2.HI/c1-3-16-15(17-6-14-18-9(2)19-22-14)20-7-10-11(8-20)13-5-4-12(10)21-13;/h10-13H,3-8H2,1-2H3,(H,16,17);1H. The molecule has 4 rings (SSSR count). The van der Waals surface area contributed by atoms with Crippen molar-refractivity contribution in [3.8, 4) is 0 Å². The minimum absolute atomic E-state index is 0. The Balaban J connectivity index is 0.00000156. The zero-order valence-corrected chi connectivity index (χ0v) is 15.9. The van der Waals surface area contributed by atoms with E-state index in [1.165, 1.54) is 12.8 Å². The molecule has 7 nitrogen and oxygen atoms in total. The van der Waals surface area contributed by atoms with Crippen molar-refractivity contribution in [3.05, 3.63) is 11.7 Å². The number of nitrogens with zero attached hydrogens (tertiary/aromatic N) is 4. The molecule has 1 aromatic heterocycles. The number of likely N-dealkylation sites (tertiary alicyclic amines) is 1. The average molecular weight is 433 g/mol. The summed E-state index contributed by atoms with van der Waals surface area (Å²) in [6.45, 7) is 7.28.